The fourth-order valence-electron chi connectivity index (χ4n) is 4.77. The van der Waals surface area contributed by atoms with E-state index < -0.39 is 0 Å². The standard InChI is InChI=1S/C35H37N3O4/c1-39-34-14-5-9-29(22-34)25-37(24-28-8-3-13-33(20-28)38-17-7-16-36-38)32-12-4-10-30(21-32)26-41-18-19-42-27-31-11-6-15-35(23-31)40-2/h3-17,20-23H,18-19,24-27H2,1-2H3. The molecule has 7 heteroatoms. The molecule has 1 aromatic heterocycles. The van der Waals surface area contributed by atoms with E-state index in [1.54, 1.807) is 20.4 Å². The van der Waals surface area contributed by atoms with Crippen molar-refractivity contribution in [1.82, 2.24) is 9.78 Å². The lowest BCUT2D eigenvalue weighted by atomic mass is 10.1. The zero-order chi connectivity index (χ0) is 29.0. The topological polar surface area (TPSA) is 58.0 Å². The molecule has 0 N–H and O–H groups in total. The lowest BCUT2D eigenvalue weighted by molar-refractivity contribution is 0.0338. The average molecular weight is 564 g/mol. The molecule has 0 fully saturated rings. The van der Waals surface area contributed by atoms with Crippen molar-refractivity contribution in [3.8, 4) is 17.2 Å². The van der Waals surface area contributed by atoms with E-state index in [4.69, 9.17) is 18.9 Å². The maximum Gasteiger partial charge on any atom is 0.119 e. The first-order chi connectivity index (χ1) is 20.7. The van der Waals surface area contributed by atoms with Gasteiger partial charge in [-0.3, -0.25) is 0 Å². The first kappa shape index (κ1) is 28.9. The van der Waals surface area contributed by atoms with Gasteiger partial charge in [0.05, 0.1) is 46.3 Å². The quantitative estimate of drug-likeness (QED) is 0.130. The van der Waals surface area contributed by atoms with Gasteiger partial charge in [-0.1, -0.05) is 48.5 Å². The largest absolute Gasteiger partial charge is 0.497 e. The Bertz CT molecular complexity index is 1540. The van der Waals surface area contributed by atoms with Gasteiger partial charge in [-0.05, 0) is 76.9 Å². The van der Waals surface area contributed by atoms with Crippen LogP contribution in [0.1, 0.15) is 22.3 Å². The molecule has 0 saturated heterocycles. The van der Waals surface area contributed by atoms with Gasteiger partial charge in [0.25, 0.3) is 0 Å². The van der Waals surface area contributed by atoms with Crippen molar-refractivity contribution in [1.29, 1.82) is 0 Å². The van der Waals surface area contributed by atoms with Crippen molar-refractivity contribution in [2.24, 2.45) is 0 Å². The Hall–Kier alpha value is -4.59. The highest BCUT2D eigenvalue weighted by atomic mass is 16.5. The molecule has 42 heavy (non-hydrogen) atoms. The number of anilines is 1. The van der Waals surface area contributed by atoms with Crippen LogP contribution in [0.5, 0.6) is 11.5 Å². The average Bonchev–Trinajstić information content (AvgIpc) is 3.58. The number of rotatable bonds is 15. The summed E-state index contributed by atoms with van der Waals surface area (Å²) in [5.74, 6) is 1.68. The zero-order valence-electron chi connectivity index (χ0n) is 24.2. The van der Waals surface area contributed by atoms with E-state index in [1.807, 2.05) is 53.3 Å². The first-order valence-electron chi connectivity index (χ1n) is 14.0. The summed E-state index contributed by atoms with van der Waals surface area (Å²) in [5, 5.41) is 4.39. The van der Waals surface area contributed by atoms with Crippen LogP contribution in [0.25, 0.3) is 5.69 Å². The Labute approximate surface area is 247 Å². The highest BCUT2D eigenvalue weighted by molar-refractivity contribution is 5.50. The molecule has 0 bridgehead atoms. The van der Waals surface area contributed by atoms with Gasteiger partial charge in [0.2, 0.25) is 0 Å². The molecule has 0 amide bonds. The van der Waals surface area contributed by atoms with E-state index in [-0.39, 0.29) is 0 Å². The molecule has 0 radical (unpaired) electrons. The third-order valence-corrected chi connectivity index (χ3v) is 6.88. The summed E-state index contributed by atoms with van der Waals surface area (Å²) in [5.41, 5.74) is 6.72. The van der Waals surface area contributed by atoms with Crippen molar-refractivity contribution < 1.29 is 18.9 Å². The van der Waals surface area contributed by atoms with E-state index in [9.17, 15) is 0 Å². The van der Waals surface area contributed by atoms with E-state index in [0.717, 1.165) is 47.1 Å². The summed E-state index contributed by atoms with van der Waals surface area (Å²) in [6.07, 6.45) is 3.75. The van der Waals surface area contributed by atoms with Gasteiger partial charge in [0.1, 0.15) is 11.5 Å². The van der Waals surface area contributed by atoms with E-state index in [0.29, 0.717) is 26.4 Å². The molecule has 0 aliphatic carbocycles. The molecule has 1 heterocycles. The van der Waals surface area contributed by atoms with Gasteiger partial charge >= 0.3 is 0 Å². The van der Waals surface area contributed by atoms with Crippen LogP contribution in [-0.4, -0.2) is 37.2 Å². The lowest BCUT2D eigenvalue weighted by Gasteiger charge is -2.26. The molecule has 216 valence electrons. The molecule has 0 unspecified atom stereocenters. The van der Waals surface area contributed by atoms with Gasteiger partial charge in [0.15, 0.2) is 0 Å². The summed E-state index contributed by atoms with van der Waals surface area (Å²) in [4.78, 5) is 2.37. The number of nitrogens with zero attached hydrogens (tertiary/aromatic N) is 3. The van der Waals surface area contributed by atoms with Crippen molar-refractivity contribution in [3.63, 3.8) is 0 Å². The highest BCUT2D eigenvalue weighted by Gasteiger charge is 2.12. The predicted octanol–water partition coefficient (Wildman–Crippen LogP) is 6.83. The second kappa shape index (κ2) is 14.9. The second-order valence-electron chi connectivity index (χ2n) is 9.95. The minimum absolute atomic E-state index is 0.512. The molecular formula is C35H37N3O4. The highest BCUT2D eigenvalue weighted by Crippen LogP contribution is 2.24. The molecule has 7 nitrogen and oxygen atoms in total. The molecular weight excluding hydrogens is 526 g/mol. The fourth-order valence-corrected chi connectivity index (χ4v) is 4.77. The van der Waals surface area contributed by atoms with Crippen LogP contribution in [0.2, 0.25) is 0 Å². The fraction of sp³-hybridized carbons (Fsp3) is 0.229. The summed E-state index contributed by atoms with van der Waals surface area (Å²) < 4.78 is 24.4. The SMILES string of the molecule is COc1cccc(COCCOCc2cccc(N(Cc3cccc(OC)c3)Cc3cccc(-n4cccn4)c3)c2)c1. The van der Waals surface area contributed by atoms with Gasteiger partial charge in [-0.25, -0.2) is 4.68 Å². The molecule has 0 spiro atoms. The lowest BCUT2D eigenvalue weighted by Crippen LogP contribution is -2.22. The van der Waals surface area contributed by atoms with Crippen molar-refractivity contribution in [2.75, 3.05) is 32.3 Å². The molecule has 0 aliphatic rings. The maximum atomic E-state index is 5.97. The number of methoxy groups -OCH3 is 2. The van der Waals surface area contributed by atoms with E-state index in [1.165, 1.54) is 11.1 Å². The van der Waals surface area contributed by atoms with Crippen LogP contribution in [0.15, 0.2) is 116 Å². The number of hydrogen-bond donors (Lipinski definition) is 0. The summed E-state index contributed by atoms with van der Waals surface area (Å²) >= 11 is 0. The maximum absolute atomic E-state index is 5.97. The molecule has 0 saturated carbocycles. The molecule has 4 aromatic carbocycles. The number of hydrogen-bond acceptors (Lipinski definition) is 6. The van der Waals surface area contributed by atoms with Gasteiger partial charge in [-0.2, -0.15) is 5.10 Å². The van der Waals surface area contributed by atoms with Crippen LogP contribution >= 0.6 is 0 Å². The summed E-state index contributed by atoms with van der Waals surface area (Å²) in [6.45, 7) is 3.53. The van der Waals surface area contributed by atoms with Crippen LogP contribution in [0.4, 0.5) is 5.69 Å². The van der Waals surface area contributed by atoms with Crippen molar-refractivity contribution in [2.45, 2.75) is 26.3 Å². The smallest absolute Gasteiger partial charge is 0.119 e. The van der Waals surface area contributed by atoms with Gasteiger partial charge < -0.3 is 23.8 Å². The monoisotopic (exact) mass is 563 g/mol. The Morgan fingerprint density at radius 1 is 0.619 bits per heavy atom. The van der Waals surface area contributed by atoms with Gasteiger partial charge in [0, 0.05) is 31.2 Å². The normalized spacial score (nSPS) is 10.9. The van der Waals surface area contributed by atoms with Crippen LogP contribution in [0.3, 0.4) is 0 Å². The molecule has 5 aromatic rings. The Kier molecular flexibility index (Phi) is 10.2. The van der Waals surface area contributed by atoms with Crippen molar-refractivity contribution >= 4 is 5.69 Å². The number of benzene rings is 4. The Morgan fingerprint density at radius 3 is 1.83 bits per heavy atom. The molecule has 5 rings (SSSR count). The van der Waals surface area contributed by atoms with Gasteiger partial charge in [-0.15, -0.1) is 0 Å². The number of ether oxygens (including phenoxy) is 4. The minimum Gasteiger partial charge on any atom is -0.497 e. The van der Waals surface area contributed by atoms with Crippen LogP contribution < -0.4 is 14.4 Å². The molecule has 0 atom stereocenters. The predicted molar refractivity (Wildman–Crippen MR) is 165 cm³/mol. The van der Waals surface area contributed by atoms with Crippen LogP contribution in [-0.2, 0) is 35.8 Å². The second-order valence-corrected chi connectivity index (χ2v) is 9.95. The Morgan fingerprint density at radius 2 is 1.19 bits per heavy atom. The first-order valence-corrected chi connectivity index (χ1v) is 14.0. The summed E-state index contributed by atoms with van der Waals surface area (Å²) in [6, 6.07) is 35.1. The van der Waals surface area contributed by atoms with E-state index >= 15 is 0 Å². The Balaban J connectivity index is 1.24. The third kappa shape index (κ3) is 8.22. The third-order valence-electron chi connectivity index (χ3n) is 6.88. The van der Waals surface area contributed by atoms with E-state index in [2.05, 4.69) is 70.7 Å². The van der Waals surface area contributed by atoms with Crippen molar-refractivity contribution in [3.05, 3.63) is 138 Å². The van der Waals surface area contributed by atoms with Crippen LogP contribution in [0, 0.1) is 0 Å². The zero-order valence-corrected chi connectivity index (χ0v) is 24.2. The molecule has 0 aliphatic heterocycles. The minimum atomic E-state index is 0.512. The number of aromatic nitrogens is 2. The summed E-state index contributed by atoms with van der Waals surface area (Å²) in [7, 11) is 3.37.